The molecule has 0 spiro atoms. The number of hydrogen-bond acceptors (Lipinski definition) is 3. The van der Waals surface area contributed by atoms with Crippen molar-refractivity contribution < 1.29 is 17.5 Å². The Balaban J connectivity index is 2.33. The van der Waals surface area contributed by atoms with Crippen LogP contribution in [0.15, 0.2) is 23.1 Å². The van der Waals surface area contributed by atoms with Gasteiger partial charge in [-0.25, -0.2) is 12.8 Å². The van der Waals surface area contributed by atoms with Crippen molar-refractivity contribution in [2.75, 3.05) is 13.1 Å². The van der Waals surface area contributed by atoms with Crippen LogP contribution in [0.25, 0.3) is 0 Å². The number of ether oxygens (including phenoxy) is 1. The van der Waals surface area contributed by atoms with Crippen molar-refractivity contribution in [3.63, 3.8) is 0 Å². The van der Waals surface area contributed by atoms with E-state index in [9.17, 15) is 12.8 Å². The molecular formula is C12H15ClFNO3S. The monoisotopic (exact) mass is 307 g/mol. The molecular weight excluding hydrogens is 293 g/mol. The number of halogens is 2. The van der Waals surface area contributed by atoms with Gasteiger partial charge in [-0.2, -0.15) is 4.31 Å². The van der Waals surface area contributed by atoms with Crippen molar-refractivity contribution in [1.29, 1.82) is 0 Å². The third-order valence-corrected chi connectivity index (χ3v) is 5.03. The van der Waals surface area contributed by atoms with Gasteiger partial charge in [0.1, 0.15) is 5.82 Å². The molecule has 1 aromatic carbocycles. The van der Waals surface area contributed by atoms with E-state index in [1.54, 1.807) is 0 Å². The maximum atomic E-state index is 13.1. The van der Waals surface area contributed by atoms with Gasteiger partial charge in [0, 0.05) is 13.1 Å². The molecule has 1 saturated heterocycles. The lowest BCUT2D eigenvalue weighted by atomic mass is 10.3. The Hall–Kier alpha value is -0.690. The molecule has 1 aliphatic rings. The van der Waals surface area contributed by atoms with Crippen LogP contribution in [0.1, 0.15) is 13.8 Å². The zero-order valence-electron chi connectivity index (χ0n) is 10.6. The Morgan fingerprint density at radius 1 is 1.32 bits per heavy atom. The summed E-state index contributed by atoms with van der Waals surface area (Å²) in [6.07, 6.45) is -0.344. The first-order chi connectivity index (χ1) is 8.80. The van der Waals surface area contributed by atoms with E-state index < -0.39 is 15.8 Å². The molecule has 0 aromatic heterocycles. The molecule has 1 aliphatic heterocycles. The van der Waals surface area contributed by atoms with Crippen molar-refractivity contribution in [1.82, 2.24) is 4.31 Å². The van der Waals surface area contributed by atoms with Crippen LogP contribution >= 0.6 is 11.6 Å². The maximum Gasteiger partial charge on any atom is 0.243 e. The van der Waals surface area contributed by atoms with Gasteiger partial charge >= 0.3 is 0 Å². The van der Waals surface area contributed by atoms with Gasteiger partial charge in [-0.1, -0.05) is 11.6 Å². The van der Waals surface area contributed by atoms with E-state index in [-0.39, 0.29) is 35.2 Å². The molecule has 0 bridgehead atoms. The van der Waals surface area contributed by atoms with Gasteiger partial charge in [-0.15, -0.1) is 0 Å². The normalized spacial score (nSPS) is 25.5. The molecule has 1 aromatic rings. The maximum absolute atomic E-state index is 13.1. The summed E-state index contributed by atoms with van der Waals surface area (Å²) < 4.78 is 44.8. The highest BCUT2D eigenvalue weighted by Gasteiger charge is 2.32. The Morgan fingerprint density at radius 2 is 1.89 bits per heavy atom. The summed E-state index contributed by atoms with van der Waals surface area (Å²) in [7, 11) is -3.66. The number of sulfonamides is 1. The average Bonchev–Trinajstić information content (AvgIpc) is 2.31. The van der Waals surface area contributed by atoms with E-state index in [2.05, 4.69) is 0 Å². The largest absolute Gasteiger partial charge is 0.373 e. The van der Waals surface area contributed by atoms with Gasteiger partial charge < -0.3 is 4.74 Å². The minimum atomic E-state index is -3.66. The van der Waals surface area contributed by atoms with Crippen molar-refractivity contribution in [2.24, 2.45) is 0 Å². The predicted octanol–water partition coefficient (Wildman–Crippen LogP) is 2.28. The van der Waals surface area contributed by atoms with E-state index in [0.717, 1.165) is 12.1 Å². The minimum Gasteiger partial charge on any atom is -0.373 e. The Bertz CT molecular complexity index is 568. The van der Waals surface area contributed by atoms with Crippen LogP contribution < -0.4 is 0 Å². The Kier molecular flexibility index (Phi) is 4.15. The second-order valence-electron chi connectivity index (χ2n) is 4.66. The van der Waals surface area contributed by atoms with Gasteiger partial charge in [-0.3, -0.25) is 0 Å². The van der Waals surface area contributed by atoms with Crippen LogP contribution in [-0.2, 0) is 14.8 Å². The highest BCUT2D eigenvalue weighted by atomic mass is 35.5. The molecule has 0 radical (unpaired) electrons. The fourth-order valence-electron chi connectivity index (χ4n) is 2.11. The third kappa shape index (κ3) is 3.08. The average molecular weight is 308 g/mol. The second-order valence-corrected chi connectivity index (χ2v) is 7.00. The fraction of sp³-hybridized carbons (Fsp3) is 0.500. The number of benzene rings is 1. The summed E-state index contributed by atoms with van der Waals surface area (Å²) in [5.41, 5.74) is 0. The van der Waals surface area contributed by atoms with Gasteiger partial charge in [0.2, 0.25) is 10.0 Å². The zero-order valence-corrected chi connectivity index (χ0v) is 12.2. The summed E-state index contributed by atoms with van der Waals surface area (Å²) in [5, 5.41) is -0.199. The standard InChI is InChI=1S/C12H15ClFNO3S/c1-8-6-15(7-9(2)18-8)19(16,17)10-3-4-12(14)11(13)5-10/h3-5,8-9H,6-7H2,1-2H3. The van der Waals surface area contributed by atoms with E-state index in [1.165, 1.54) is 10.4 Å². The summed E-state index contributed by atoms with van der Waals surface area (Å²) in [4.78, 5) is 0.000185. The van der Waals surface area contributed by atoms with Gasteiger partial charge in [0.25, 0.3) is 0 Å². The lowest BCUT2D eigenvalue weighted by Gasteiger charge is -2.34. The molecule has 2 unspecified atom stereocenters. The molecule has 0 saturated carbocycles. The summed E-state index contributed by atoms with van der Waals surface area (Å²) in [6, 6.07) is 3.42. The molecule has 19 heavy (non-hydrogen) atoms. The summed E-state index contributed by atoms with van der Waals surface area (Å²) in [6.45, 7) is 4.19. The predicted molar refractivity (Wildman–Crippen MR) is 70.2 cm³/mol. The van der Waals surface area contributed by atoms with E-state index in [0.29, 0.717) is 0 Å². The molecule has 2 atom stereocenters. The quantitative estimate of drug-likeness (QED) is 0.842. The number of rotatable bonds is 2. The number of hydrogen-bond donors (Lipinski definition) is 0. The van der Waals surface area contributed by atoms with Crippen molar-refractivity contribution in [2.45, 2.75) is 31.0 Å². The van der Waals surface area contributed by atoms with Crippen LogP contribution in [0.2, 0.25) is 5.02 Å². The molecule has 1 heterocycles. The first kappa shape index (κ1) is 14.7. The van der Waals surface area contributed by atoms with E-state index >= 15 is 0 Å². The lowest BCUT2D eigenvalue weighted by molar-refractivity contribution is -0.0440. The smallest absolute Gasteiger partial charge is 0.243 e. The first-order valence-corrected chi connectivity index (χ1v) is 7.73. The first-order valence-electron chi connectivity index (χ1n) is 5.91. The molecule has 1 fully saturated rings. The number of morpholine rings is 1. The van der Waals surface area contributed by atoms with Gasteiger partial charge in [-0.05, 0) is 32.0 Å². The van der Waals surface area contributed by atoms with Crippen molar-refractivity contribution in [3.8, 4) is 0 Å². The van der Waals surface area contributed by atoms with Crippen LogP contribution in [0.5, 0.6) is 0 Å². The second kappa shape index (κ2) is 5.36. The van der Waals surface area contributed by atoms with Crippen molar-refractivity contribution >= 4 is 21.6 Å². The van der Waals surface area contributed by atoms with E-state index in [1.807, 2.05) is 13.8 Å². The molecule has 0 aliphatic carbocycles. The van der Waals surface area contributed by atoms with Gasteiger partial charge in [0.15, 0.2) is 0 Å². The third-order valence-electron chi connectivity index (χ3n) is 2.91. The van der Waals surface area contributed by atoms with E-state index in [4.69, 9.17) is 16.3 Å². The SMILES string of the molecule is CC1CN(S(=O)(=O)c2ccc(F)c(Cl)c2)CC(C)O1. The summed E-state index contributed by atoms with van der Waals surface area (Å²) in [5.74, 6) is -0.635. The van der Waals surface area contributed by atoms with Crippen LogP contribution in [0, 0.1) is 5.82 Å². The Morgan fingerprint density at radius 3 is 2.42 bits per heavy atom. The highest BCUT2D eigenvalue weighted by molar-refractivity contribution is 7.89. The summed E-state index contributed by atoms with van der Waals surface area (Å²) >= 11 is 5.63. The molecule has 0 amide bonds. The molecule has 7 heteroatoms. The number of nitrogens with zero attached hydrogens (tertiary/aromatic N) is 1. The fourth-order valence-corrected chi connectivity index (χ4v) is 3.98. The van der Waals surface area contributed by atoms with Crippen molar-refractivity contribution in [3.05, 3.63) is 29.0 Å². The minimum absolute atomic E-state index is 0.000185. The molecule has 106 valence electrons. The topological polar surface area (TPSA) is 46.6 Å². The molecule has 0 N–H and O–H groups in total. The Labute approximate surface area is 117 Å². The van der Waals surface area contributed by atoms with Gasteiger partial charge in [0.05, 0.1) is 22.1 Å². The van der Waals surface area contributed by atoms with Crippen LogP contribution in [0.3, 0.4) is 0 Å². The molecule has 2 rings (SSSR count). The van der Waals surface area contributed by atoms with Crippen LogP contribution in [-0.4, -0.2) is 38.0 Å². The molecule has 4 nitrogen and oxygen atoms in total. The lowest BCUT2D eigenvalue weighted by Crippen LogP contribution is -2.48. The van der Waals surface area contributed by atoms with Crippen LogP contribution in [0.4, 0.5) is 4.39 Å². The zero-order chi connectivity index (χ0) is 14.2. The highest BCUT2D eigenvalue weighted by Crippen LogP contribution is 2.24.